The van der Waals surface area contributed by atoms with Crippen LogP contribution in [0.3, 0.4) is 0 Å². The van der Waals surface area contributed by atoms with Crippen molar-refractivity contribution in [3.05, 3.63) is 53.3 Å². The van der Waals surface area contributed by atoms with Crippen LogP contribution in [-0.2, 0) is 0 Å². The van der Waals surface area contributed by atoms with Gasteiger partial charge in [0, 0.05) is 23.0 Å². The summed E-state index contributed by atoms with van der Waals surface area (Å²) in [6.45, 7) is 3.94. The molecule has 17 heavy (non-hydrogen) atoms. The van der Waals surface area contributed by atoms with Crippen molar-refractivity contribution in [1.29, 1.82) is 0 Å². The van der Waals surface area contributed by atoms with Gasteiger partial charge in [-0.2, -0.15) is 0 Å². The van der Waals surface area contributed by atoms with Gasteiger partial charge in [0.05, 0.1) is 0 Å². The van der Waals surface area contributed by atoms with Crippen molar-refractivity contribution < 1.29 is 4.79 Å². The molecule has 0 radical (unpaired) electrons. The minimum Gasteiger partial charge on any atom is -0.366 e. The smallest absolute Gasteiger partial charge is 0.248 e. The minimum atomic E-state index is -0.412. The normalized spacial score (nSPS) is 10.2. The third kappa shape index (κ3) is 2.33. The molecule has 1 heterocycles. The van der Waals surface area contributed by atoms with Crippen LogP contribution in [0.15, 0.2) is 36.5 Å². The molecule has 0 bridgehead atoms. The first-order valence-corrected chi connectivity index (χ1v) is 5.41. The number of hydrogen-bond acceptors (Lipinski definition) is 2. The van der Waals surface area contributed by atoms with Crippen LogP contribution in [0.1, 0.15) is 21.6 Å². The average Bonchev–Trinajstić information content (AvgIpc) is 2.32. The second-order valence-electron chi connectivity index (χ2n) is 4.09. The summed E-state index contributed by atoms with van der Waals surface area (Å²) in [6.07, 6.45) is 1.83. The molecule has 0 saturated heterocycles. The maximum atomic E-state index is 11.1. The molecule has 1 aromatic carbocycles. The van der Waals surface area contributed by atoms with Crippen molar-refractivity contribution >= 4 is 5.91 Å². The second-order valence-corrected chi connectivity index (χ2v) is 4.09. The monoisotopic (exact) mass is 226 g/mol. The van der Waals surface area contributed by atoms with Gasteiger partial charge >= 0.3 is 0 Å². The molecular formula is C14H14N2O. The summed E-state index contributed by atoms with van der Waals surface area (Å²) in [7, 11) is 0. The molecule has 0 aliphatic rings. The molecule has 2 rings (SSSR count). The number of amides is 1. The maximum absolute atomic E-state index is 11.1. The van der Waals surface area contributed by atoms with E-state index in [0.717, 1.165) is 22.4 Å². The summed E-state index contributed by atoms with van der Waals surface area (Å²) >= 11 is 0. The van der Waals surface area contributed by atoms with Gasteiger partial charge in [0.2, 0.25) is 5.91 Å². The molecule has 1 amide bonds. The Labute approximate surface area is 100 Å². The fourth-order valence-electron chi connectivity index (χ4n) is 1.77. The largest absolute Gasteiger partial charge is 0.366 e. The highest BCUT2D eigenvalue weighted by Gasteiger charge is 2.06. The number of carbonyl (C=O) groups excluding carboxylic acids is 1. The van der Waals surface area contributed by atoms with Crippen LogP contribution in [0, 0.1) is 13.8 Å². The Morgan fingerprint density at radius 3 is 2.71 bits per heavy atom. The van der Waals surface area contributed by atoms with E-state index in [2.05, 4.69) is 11.1 Å². The number of pyridine rings is 1. The molecule has 86 valence electrons. The average molecular weight is 226 g/mol. The van der Waals surface area contributed by atoms with Crippen LogP contribution in [0.2, 0.25) is 0 Å². The lowest BCUT2D eigenvalue weighted by Crippen LogP contribution is -2.10. The van der Waals surface area contributed by atoms with Crippen LogP contribution in [0.4, 0.5) is 0 Å². The van der Waals surface area contributed by atoms with Gasteiger partial charge in [-0.25, -0.2) is 0 Å². The summed E-state index contributed by atoms with van der Waals surface area (Å²) in [5.74, 6) is -0.412. The summed E-state index contributed by atoms with van der Waals surface area (Å²) in [4.78, 5) is 15.5. The molecule has 2 N–H and O–H groups in total. The molecule has 0 unspecified atom stereocenters. The van der Waals surface area contributed by atoms with Gasteiger partial charge < -0.3 is 5.73 Å². The highest BCUT2D eigenvalue weighted by atomic mass is 16.1. The Bertz CT molecular complexity index is 576. The van der Waals surface area contributed by atoms with Crippen LogP contribution in [-0.4, -0.2) is 10.9 Å². The van der Waals surface area contributed by atoms with Crippen molar-refractivity contribution in [3.63, 3.8) is 0 Å². The second kappa shape index (κ2) is 4.37. The van der Waals surface area contributed by atoms with E-state index in [9.17, 15) is 4.79 Å². The first-order chi connectivity index (χ1) is 8.08. The first-order valence-electron chi connectivity index (χ1n) is 5.41. The topological polar surface area (TPSA) is 56.0 Å². The lowest BCUT2D eigenvalue weighted by atomic mass is 10.0. The Hall–Kier alpha value is -2.16. The zero-order valence-electron chi connectivity index (χ0n) is 9.90. The van der Waals surface area contributed by atoms with E-state index < -0.39 is 5.91 Å². The van der Waals surface area contributed by atoms with Crippen molar-refractivity contribution in [2.24, 2.45) is 5.73 Å². The maximum Gasteiger partial charge on any atom is 0.248 e. The number of hydrogen-bond donors (Lipinski definition) is 1. The number of carbonyl (C=O) groups is 1. The Kier molecular flexibility index (Phi) is 2.91. The van der Waals surface area contributed by atoms with Crippen LogP contribution in [0.5, 0.6) is 0 Å². The minimum absolute atomic E-state index is 0.412. The molecule has 1 aromatic heterocycles. The van der Waals surface area contributed by atoms with E-state index in [-0.39, 0.29) is 0 Å². The molecule has 0 aliphatic carbocycles. The number of nitrogens with zero attached hydrogens (tertiary/aromatic N) is 1. The van der Waals surface area contributed by atoms with Gasteiger partial charge in [-0.1, -0.05) is 12.1 Å². The molecule has 0 saturated carbocycles. The van der Waals surface area contributed by atoms with Gasteiger partial charge in [0.1, 0.15) is 0 Å². The fraction of sp³-hybridized carbons (Fsp3) is 0.143. The van der Waals surface area contributed by atoms with Crippen LogP contribution < -0.4 is 5.73 Å². The molecule has 0 spiro atoms. The lowest BCUT2D eigenvalue weighted by molar-refractivity contribution is 0.100. The number of aryl methyl sites for hydroxylation is 2. The Morgan fingerprint density at radius 2 is 2.00 bits per heavy atom. The van der Waals surface area contributed by atoms with E-state index in [0.29, 0.717) is 5.56 Å². The quantitative estimate of drug-likeness (QED) is 0.855. The van der Waals surface area contributed by atoms with E-state index in [1.807, 2.05) is 32.2 Å². The predicted molar refractivity (Wildman–Crippen MR) is 67.7 cm³/mol. The summed E-state index contributed by atoms with van der Waals surface area (Å²) in [5.41, 5.74) is 9.83. The Morgan fingerprint density at radius 1 is 1.24 bits per heavy atom. The molecule has 0 fully saturated rings. The SMILES string of the molecule is Cc1cnc(C)c(-c2cccc(C(N)=O)c2)c1. The fourth-order valence-corrected chi connectivity index (χ4v) is 1.77. The summed E-state index contributed by atoms with van der Waals surface area (Å²) in [5, 5.41) is 0. The van der Waals surface area contributed by atoms with Crippen molar-refractivity contribution in [2.45, 2.75) is 13.8 Å². The Balaban J connectivity index is 2.56. The van der Waals surface area contributed by atoms with Crippen molar-refractivity contribution in [2.75, 3.05) is 0 Å². The van der Waals surface area contributed by atoms with Crippen LogP contribution >= 0.6 is 0 Å². The molecule has 0 atom stereocenters. The van der Waals surface area contributed by atoms with E-state index >= 15 is 0 Å². The molecule has 3 nitrogen and oxygen atoms in total. The van der Waals surface area contributed by atoms with Crippen molar-refractivity contribution in [1.82, 2.24) is 4.98 Å². The number of primary amides is 1. The van der Waals surface area contributed by atoms with Gasteiger partial charge in [-0.15, -0.1) is 0 Å². The van der Waals surface area contributed by atoms with Gasteiger partial charge in [-0.05, 0) is 43.2 Å². The third-order valence-corrected chi connectivity index (χ3v) is 2.68. The number of rotatable bonds is 2. The van der Waals surface area contributed by atoms with Gasteiger partial charge in [-0.3, -0.25) is 9.78 Å². The zero-order valence-corrected chi connectivity index (χ0v) is 9.90. The van der Waals surface area contributed by atoms with E-state index in [4.69, 9.17) is 5.73 Å². The van der Waals surface area contributed by atoms with E-state index in [1.165, 1.54) is 0 Å². The highest BCUT2D eigenvalue weighted by molar-refractivity contribution is 5.94. The molecule has 0 aliphatic heterocycles. The van der Waals surface area contributed by atoms with Gasteiger partial charge in [0.15, 0.2) is 0 Å². The zero-order chi connectivity index (χ0) is 12.4. The number of nitrogens with two attached hydrogens (primary N) is 1. The predicted octanol–water partition coefficient (Wildman–Crippen LogP) is 2.46. The summed E-state index contributed by atoms with van der Waals surface area (Å²) in [6, 6.07) is 9.35. The summed E-state index contributed by atoms with van der Waals surface area (Å²) < 4.78 is 0. The lowest BCUT2D eigenvalue weighted by Gasteiger charge is -2.07. The third-order valence-electron chi connectivity index (χ3n) is 2.68. The molecule has 2 aromatic rings. The van der Waals surface area contributed by atoms with E-state index in [1.54, 1.807) is 12.1 Å². The van der Waals surface area contributed by atoms with Crippen molar-refractivity contribution in [3.8, 4) is 11.1 Å². The standard InChI is InChI=1S/C14H14N2O/c1-9-6-13(10(2)16-8-9)11-4-3-5-12(7-11)14(15)17/h3-8H,1-2H3,(H2,15,17). The highest BCUT2D eigenvalue weighted by Crippen LogP contribution is 2.23. The van der Waals surface area contributed by atoms with Gasteiger partial charge in [0.25, 0.3) is 0 Å². The molecular weight excluding hydrogens is 212 g/mol. The number of benzene rings is 1. The first kappa shape index (κ1) is 11.3. The van der Waals surface area contributed by atoms with Crippen LogP contribution in [0.25, 0.3) is 11.1 Å². The molecule has 3 heteroatoms. The number of aromatic nitrogens is 1.